The maximum Gasteiger partial charge on any atom is 0.144 e. The zero-order valence-corrected chi connectivity index (χ0v) is 12.7. The molecule has 0 heterocycles. The fourth-order valence-corrected chi connectivity index (χ4v) is 2.51. The van der Waals surface area contributed by atoms with Gasteiger partial charge < -0.3 is 15.4 Å². The lowest BCUT2D eigenvalue weighted by Gasteiger charge is -2.15. The highest BCUT2D eigenvalue weighted by Gasteiger charge is 2.04. The number of benzene rings is 2. The maximum atomic E-state index is 5.93. The van der Waals surface area contributed by atoms with Gasteiger partial charge >= 0.3 is 0 Å². The molecule has 20 heavy (non-hydrogen) atoms. The van der Waals surface area contributed by atoms with Gasteiger partial charge in [-0.1, -0.05) is 18.2 Å². The lowest BCUT2D eigenvalue weighted by molar-refractivity contribution is 0.346. The Morgan fingerprint density at radius 1 is 1.10 bits per heavy atom. The summed E-state index contributed by atoms with van der Waals surface area (Å²) in [5.74, 6) is 1.65. The zero-order valence-electron chi connectivity index (χ0n) is 11.9. The molecule has 2 N–H and O–H groups in total. The highest BCUT2D eigenvalue weighted by Crippen LogP contribution is 2.27. The summed E-state index contributed by atoms with van der Waals surface area (Å²) in [6.07, 6.45) is 0. The second-order valence-electron chi connectivity index (χ2n) is 4.63. The molecule has 4 heteroatoms. The first kappa shape index (κ1) is 14.6. The van der Waals surface area contributed by atoms with Crippen LogP contribution in [0.15, 0.2) is 53.4 Å². The van der Waals surface area contributed by atoms with E-state index in [0.717, 1.165) is 17.2 Å². The first-order chi connectivity index (χ1) is 9.66. The Morgan fingerprint density at radius 3 is 2.55 bits per heavy atom. The number of nitrogens with two attached hydrogens (primary N) is 1. The topological polar surface area (TPSA) is 38.5 Å². The van der Waals surface area contributed by atoms with E-state index in [1.165, 1.54) is 4.90 Å². The summed E-state index contributed by atoms with van der Waals surface area (Å²) in [7, 11) is 4.00. The van der Waals surface area contributed by atoms with Gasteiger partial charge in [-0.2, -0.15) is 0 Å². The molecule has 2 rings (SSSR count). The highest BCUT2D eigenvalue weighted by molar-refractivity contribution is 7.99. The standard InChI is InChI=1S/C16H20N2OS/c1-18(2)13-8-9-15(17)16(12-13)19-10-11-20-14-6-4-3-5-7-14/h3-9,12H,10-11,17H2,1-2H3. The van der Waals surface area contributed by atoms with E-state index in [1.54, 1.807) is 11.8 Å². The summed E-state index contributed by atoms with van der Waals surface area (Å²) in [4.78, 5) is 3.29. The number of thioether (sulfide) groups is 1. The molecule has 0 atom stereocenters. The first-order valence-corrected chi connectivity index (χ1v) is 7.53. The second kappa shape index (κ2) is 7.10. The van der Waals surface area contributed by atoms with E-state index in [9.17, 15) is 0 Å². The van der Waals surface area contributed by atoms with Crippen LogP contribution in [0, 0.1) is 0 Å². The van der Waals surface area contributed by atoms with Gasteiger partial charge in [0.15, 0.2) is 0 Å². The minimum atomic E-state index is 0.640. The lowest BCUT2D eigenvalue weighted by Crippen LogP contribution is -2.09. The van der Waals surface area contributed by atoms with Crippen molar-refractivity contribution in [2.24, 2.45) is 0 Å². The van der Waals surface area contributed by atoms with Crippen LogP contribution in [-0.2, 0) is 0 Å². The van der Waals surface area contributed by atoms with E-state index in [0.29, 0.717) is 12.3 Å². The first-order valence-electron chi connectivity index (χ1n) is 6.54. The van der Waals surface area contributed by atoms with Gasteiger partial charge in [-0.15, -0.1) is 11.8 Å². The summed E-state index contributed by atoms with van der Waals surface area (Å²) in [5, 5.41) is 0. The van der Waals surface area contributed by atoms with Crippen molar-refractivity contribution in [2.75, 3.05) is 37.1 Å². The van der Waals surface area contributed by atoms with Crippen LogP contribution < -0.4 is 15.4 Å². The molecule has 0 aliphatic carbocycles. The Bertz CT molecular complexity index is 543. The van der Waals surface area contributed by atoms with Crippen molar-refractivity contribution < 1.29 is 4.74 Å². The average Bonchev–Trinajstić information content (AvgIpc) is 2.46. The number of anilines is 2. The Morgan fingerprint density at radius 2 is 1.85 bits per heavy atom. The van der Waals surface area contributed by atoms with Gasteiger partial charge in [-0.05, 0) is 24.3 Å². The molecule has 106 valence electrons. The van der Waals surface area contributed by atoms with Crippen LogP contribution in [0.3, 0.4) is 0 Å². The van der Waals surface area contributed by atoms with Gasteiger partial charge in [0.25, 0.3) is 0 Å². The van der Waals surface area contributed by atoms with Crippen LogP contribution >= 0.6 is 11.8 Å². The van der Waals surface area contributed by atoms with Crippen molar-refractivity contribution in [1.82, 2.24) is 0 Å². The minimum absolute atomic E-state index is 0.640. The summed E-state index contributed by atoms with van der Waals surface area (Å²) in [5.41, 5.74) is 7.70. The van der Waals surface area contributed by atoms with E-state index in [2.05, 4.69) is 12.1 Å². The van der Waals surface area contributed by atoms with Gasteiger partial charge in [-0.25, -0.2) is 0 Å². The quantitative estimate of drug-likeness (QED) is 0.501. The predicted octanol–water partition coefficient (Wildman–Crippen LogP) is 3.51. The van der Waals surface area contributed by atoms with E-state index in [-0.39, 0.29) is 0 Å². The lowest BCUT2D eigenvalue weighted by atomic mass is 10.2. The van der Waals surface area contributed by atoms with Gasteiger partial charge in [0.2, 0.25) is 0 Å². The Balaban J connectivity index is 1.86. The summed E-state index contributed by atoms with van der Waals surface area (Å²) < 4.78 is 5.78. The number of nitrogen functional groups attached to an aromatic ring is 1. The predicted molar refractivity (Wildman–Crippen MR) is 87.8 cm³/mol. The van der Waals surface area contributed by atoms with Crippen molar-refractivity contribution in [3.63, 3.8) is 0 Å². The van der Waals surface area contributed by atoms with Crippen LogP contribution in [0.2, 0.25) is 0 Å². The number of nitrogens with zero attached hydrogens (tertiary/aromatic N) is 1. The molecule has 0 amide bonds. The van der Waals surface area contributed by atoms with Crippen LogP contribution in [0.4, 0.5) is 11.4 Å². The molecule has 0 saturated carbocycles. The molecule has 2 aromatic carbocycles. The fourth-order valence-electron chi connectivity index (χ4n) is 1.75. The van der Waals surface area contributed by atoms with Crippen LogP contribution in [-0.4, -0.2) is 26.5 Å². The maximum absolute atomic E-state index is 5.93. The molecule has 0 unspecified atom stereocenters. The van der Waals surface area contributed by atoms with Crippen LogP contribution in [0.1, 0.15) is 0 Å². The second-order valence-corrected chi connectivity index (χ2v) is 5.79. The molecule has 0 aliphatic rings. The van der Waals surface area contributed by atoms with E-state index in [1.807, 2.05) is 55.4 Å². The Labute approximate surface area is 124 Å². The summed E-state index contributed by atoms with van der Waals surface area (Å²) in [6, 6.07) is 16.2. The van der Waals surface area contributed by atoms with Gasteiger partial charge in [0.1, 0.15) is 5.75 Å². The minimum Gasteiger partial charge on any atom is -0.490 e. The molecule has 0 fully saturated rings. The molecule has 0 radical (unpaired) electrons. The van der Waals surface area contributed by atoms with Crippen LogP contribution in [0.25, 0.3) is 0 Å². The van der Waals surface area contributed by atoms with Gasteiger partial charge in [0, 0.05) is 36.5 Å². The van der Waals surface area contributed by atoms with Crippen molar-refractivity contribution >= 4 is 23.1 Å². The molecule has 3 nitrogen and oxygen atoms in total. The Hall–Kier alpha value is -1.81. The fraction of sp³-hybridized carbons (Fsp3) is 0.250. The molecular weight excluding hydrogens is 268 g/mol. The van der Waals surface area contributed by atoms with Crippen molar-refractivity contribution in [3.8, 4) is 5.75 Å². The third-order valence-electron chi connectivity index (χ3n) is 2.87. The number of hydrogen-bond acceptors (Lipinski definition) is 4. The molecule has 0 saturated heterocycles. The van der Waals surface area contributed by atoms with Gasteiger partial charge in [0.05, 0.1) is 12.3 Å². The molecule has 0 bridgehead atoms. The monoisotopic (exact) mass is 288 g/mol. The third-order valence-corrected chi connectivity index (χ3v) is 3.84. The largest absolute Gasteiger partial charge is 0.490 e. The SMILES string of the molecule is CN(C)c1ccc(N)c(OCCSc2ccccc2)c1. The third kappa shape index (κ3) is 4.10. The normalized spacial score (nSPS) is 10.3. The van der Waals surface area contributed by atoms with E-state index in [4.69, 9.17) is 10.5 Å². The molecule has 0 aromatic heterocycles. The molecular formula is C16H20N2OS. The molecule has 2 aromatic rings. The van der Waals surface area contributed by atoms with Crippen molar-refractivity contribution in [2.45, 2.75) is 4.90 Å². The zero-order chi connectivity index (χ0) is 14.4. The number of rotatable bonds is 6. The van der Waals surface area contributed by atoms with Crippen molar-refractivity contribution in [3.05, 3.63) is 48.5 Å². The summed E-state index contributed by atoms with van der Waals surface area (Å²) in [6.45, 7) is 0.640. The smallest absolute Gasteiger partial charge is 0.144 e. The molecule has 0 aliphatic heterocycles. The van der Waals surface area contributed by atoms with Crippen molar-refractivity contribution in [1.29, 1.82) is 0 Å². The van der Waals surface area contributed by atoms with E-state index < -0.39 is 0 Å². The number of ether oxygens (including phenoxy) is 1. The molecule has 0 spiro atoms. The average molecular weight is 288 g/mol. The van der Waals surface area contributed by atoms with Crippen LogP contribution in [0.5, 0.6) is 5.75 Å². The summed E-state index contributed by atoms with van der Waals surface area (Å²) >= 11 is 1.78. The van der Waals surface area contributed by atoms with E-state index >= 15 is 0 Å². The number of hydrogen-bond donors (Lipinski definition) is 1. The Kier molecular flexibility index (Phi) is 5.18. The van der Waals surface area contributed by atoms with Gasteiger partial charge in [-0.3, -0.25) is 0 Å². The highest BCUT2D eigenvalue weighted by atomic mass is 32.2.